The number of thioether (sulfide) groups is 1. The number of amides is 1. The molecular formula is C18H23ClN4OS. The lowest BCUT2D eigenvalue weighted by molar-refractivity contribution is -0.122. The van der Waals surface area contributed by atoms with E-state index in [1.165, 1.54) is 0 Å². The number of hydrogen-bond acceptors (Lipinski definition) is 5. The van der Waals surface area contributed by atoms with Crippen molar-refractivity contribution in [3.05, 3.63) is 52.3 Å². The van der Waals surface area contributed by atoms with E-state index in [2.05, 4.69) is 20.6 Å². The largest absolute Gasteiger partial charge is 0.350 e. The molecule has 0 aliphatic heterocycles. The average molecular weight is 379 g/mol. The number of rotatable bonds is 8. The topological polar surface area (TPSA) is 66.9 Å². The van der Waals surface area contributed by atoms with Crippen LogP contribution in [0.5, 0.6) is 0 Å². The monoisotopic (exact) mass is 378 g/mol. The number of hydrogen-bond donors (Lipinski definition) is 2. The molecule has 0 fully saturated rings. The summed E-state index contributed by atoms with van der Waals surface area (Å²) in [6.45, 7) is 4.26. The van der Waals surface area contributed by atoms with Crippen molar-refractivity contribution in [3.63, 3.8) is 0 Å². The first kappa shape index (κ1) is 19.5. The number of carbonyl (C=O) groups is 1. The van der Waals surface area contributed by atoms with Gasteiger partial charge in [0.15, 0.2) is 0 Å². The van der Waals surface area contributed by atoms with Crippen molar-refractivity contribution >= 4 is 35.2 Å². The summed E-state index contributed by atoms with van der Waals surface area (Å²) in [5.74, 6) is 1.28. The zero-order valence-electron chi connectivity index (χ0n) is 14.7. The fraction of sp³-hybridized carbons (Fsp3) is 0.389. The van der Waals surface area contributed by atoms with Gasteiger partial charge in [0, 0.05) is 23.0 Å². The van der Waals surface area contributed by atoms with Crippen LogP contribution in [0.1, 0.15) is 23.4 Å². The molecule has 0 saturated heterocycles. The molecule has 0 aliphatic carbocycles. The van der Waals surface area contributed by atoms with Crippen LogP contribution in [0.15, 0.2) is 30.3 Å². The molecule has 1 amide bonds. The Balaban J connectivity index is 2.03. The number of anilines is 1. The molecule has 2 aromatic rings. The van der Waals surface area contributed by atoms with Gasteiger partial charge >= 0.3 is 0 Å². The molecule has 0 radical (unpaired) electrons. The number of aryl methyl sites for hydroxylation is 2. The number of halogens is 1. The van der Waals surface area contributed by atoms with Gasteiger partial charge in [0.1, 0.15) is 6.04 Å². The Morgan fingerprint density at radius 3 is 2.60 bits per heavy atom. The molecule has 0 saturated carbocycles. The van der Waals surface area contributed by atoms with Gasteiger partial charge < -0.3 is 10.6 Å². The number of nitrogens with zero attached hydrogens (tertiary/aromatic N) is 2. The van der Waals surface area contributed by atoms with Gasteiger partial charge in [-0.15, -0.1) is 0 Å². The zero-order valence-corrected chi connectivity index (χ0v) is 16.2. The highest BCUT2D eigenvalue weighted by atomic mass is 35.5. The van der Waals surface area contributed by atoms with E-state index < -0.39 is 0 Å². The minimum atomic E-state index is -0.382. The van der Waals surface area contributed by atoms with Crippen LogP contribution in [-0.2, 0) is 11.3 Å². The van der Waals surface area contributed by atoms with E-state index in [4.69, 9.17) is 11.6 Å². The van der Waals surface area contributed by atoms with Crippen molar-refractivity contribution in [2.75, 3.05) is 17.3 Å². The fourth-order valence-corrected chi connectivity index (χ4v) is 3.09. The van der Waals surface area contributed by atoms with Crippen LogP contribution in [0.25, 0.3) is 0 Å². The summed E-state index contributed by atoms with van der Waals surface area (Å²) in [6.07, 6.45) is 2.72. The third-order valence-electron chi connectivity index (χ3n) is 3.57. The number of carbonyl (C=O) groups excluding carboxylic acids is 1. The van der Waals surface area contributed by atoms with E-state index in [0.717, 1.165) is 22.7 Å². The Labute approximate surface area is 158 Å². The first-order valence-electron chi connectivity index (χ1n) is 8.08. The highest BCUT2D eigenvalue weighted by Gasteiger charge is 2.19. The number of aromatic nitrogens is 2. The first-order chi connectivity index (χ1) is 12.0. The summed E-state index contributed by atoms with van der Waals surface area (Å²) in [6, 6.07) is 8.99. The molecule has 1 unspecified atom stereocenters. The third-order valence-corrected chi connectivity index (χ3v) is 4.45. The van der Waals surface area contributed by atoms with E-state index in [9.17, 15) is 4.79 Å². The molecule has 1 atom stereocenters. The fourth-order valence-electron chi connectivity index (χ4n) is 2.41. The molecule has 0 bridgehead atoms. The van der Waals surface area contributed by atoms with E-state index in [1.807, 2.05) is 50.4 Å². The van der Waals surface area contributed by atoms with Gasteiger partial charge in [0.05, 0.1) is 0 Å². The van der Waals surface area contributed by atoms with Gasteiger partial charge in [-0.25, -0.2) is 9.97 Å². The molecule has 1 heterocycles. The Bertz CT molecular complexity index is 706. The molecule has 1 aromatic carbocycles. The summed E-state index contributed by atoms with van der Waals surface area (Å²) >= 11 is 7.69. The van der Waals surface area contributed by atoms with Crippen LogP contribution >= 0.6 is 23.4 Å². The third kappa shape index (κ3) is 6.55. The first-order valence-corrected chi connectivity index (χ1v) is 9.85. The second-order valence-corrected chi connectivity index (χ2v) is 7.22. The average Bonchev–Trinajstić information content (AvgIpc) is 2.55. The maximum atomic E-state index is 12.6. The van der Waals surface area contributed by atoms with E-state index >= 15 is 0 Å². The number of benzene rings is 1. The van der Waals surface area contributed by atoms with Crippen LogP contribution in [0.4, 0.5) is 5.95 Å². The Morgan fingerprint density at radius 1 is 1.24 bits per heavy atom. The van der Waals surface area contributed by atoms with E-state index in [-0.39, 0.29) is 11.9 Å². The summed E-state index contributed by atoms with van der Waals surface area (Å²) in [5, 5.41) is 6.79. The molecule has 0 spiro atoms. The van der Waals surface area contributed by atoms with Crippen molar-refractivity contribution < 1.29 is 4.79 Å². The van der Waals surface area contributed by atoms with Crippen molar-refractivity contribution in [2.24, 2.45) is 0 Å². The van der Waals surface area contributed by atoms with Crippen molar-refractivity contribution in [2.45, 2.75) is 32.9 Å². The van der Waals surface area contributed by atoms with Crippen molar-refractivity contribution in [3.8, 4) is 0 Å². The summed E-state index contributed by atoms with van der Waals surface area (Å²) in [4.78, 5) is 21.3. The summed E-state index contributed by atoms with van der Waals surface area (Å²) in [7, 11) is 0. The van der Waals surface area contributed by atoms with Crippen LogP contribution in [0.3, 0.4) is 0 Å². The van der Waals surface area contributed by atoms with Crippen LogP contribution < -0.4 is 10.6 Å². The molecule has 5 nitrogen and oxygen atoms in total. The van der Waals surface area contributed by atoms with Crippen molar-refractivity contribution in [1.29, 1.82) is 0 Å². The Hall–Kier alpha value is -1.79. The maximum Gasteiger partial charge on any atom is 0.242 e. The SMILES string of the molecule is CSCCC(Nc1nc(C)cc(C)n1)C(=O)NCc1cccc(Cl)c1. The molecular weight excluding hydrogens is 356 g/mol. The molecule has 7 heteroatoms. The second-order valence-electron chi connectivity index (χ2n) is 5.80. The van der Waals surface area contributed by atoms with E-state index in [1.54, 1.807) is 11.8 Å². The highest BCUT2D eigenvalue weighted by Crippen LogP contribution is 2.12. The van der Waals surface area contributed by atoms with Crippen LogP contribution in [0.2, 0.25) is 5.02 Å². The Kier molecular flexibility index (Phi) is 7.52. The molecule has 25 heavy (non-hydrogen) atoms. The highest BCUT2D eigenvalue weighted by molar-refractivity contribution is 7.98. The normalized spacial score (nSPS) is 11.8. The predicted molar refractivity (Wildman–Crippen MR) is 105 cm³/mol. The number of nitrogens with one attached hydrogen (secondary N) is 2. The molecule has 2 N–H and O–H groups in total. The van der Waals surface area contributed by atoms with Gasteiger partial charge in [0.2, 0.25) is 11.9 Å². The lowest BCUT2D eigenvalue weighted by Gasteiger charge is -2.18. The Morgan fingerprint density at radius 2 is 1.96 bits per heavy atom. The standard InChI is InChI=1S/C18H23ClN4OS/c1-12-9-13(2)22-18(21-12)23-16(7-8-25-3)17(24)20-11-14-5-4-6-15(19)10-14/h4-6,9-10,16H,7-8,11H2,1-3H3,(H,20,24)(H,21,22,23). The lowest BCUT2D eigenvalue weighted by Crippen LogP contribution is -2.40. The second kappa shape index (κ2) is 9.63. The van der Waals surface area contributed by atoms with Gasteiger partial charge in [-0.1, -0.05) is 23.7 Å². The summed E-state index contributed by atoms with van der Waals surface area (Å²) in [5.41, 5.74) is 2.71. The predicted octanol–water partition coefficient (Wildman–Crippen LogP) is 3.60. The minimum absolute atomic E-state index is 0.0724. The molecule has 1 aromatic heterocycles. The van der Waals surface area contributed by atoms with Gasteiger partial charge in [-0.3, -0.25) is 4.79 Å². The smallest absolute Gasteiger partial charge is 0.242 e. The van der Waals surface area contributed by atoms with Gasteiger partial charge in [0.25, 0.3) is 0 Å². The molecule has 0 aliphatic rings. The quantitative estimate of drug-likeness (QED) is 0.734. The molecule has 134 valence electrons. The maximum absolute atomic E-state index is 12.6. The zero-order chi connectivity index (χ0) is 18.2. The lowest BCUT2D eigenvalue weighted by atomic mass is 10.2. The van der Waals surface area contributed by atoms with Gasteiger partial charge in [-0.05, 0) is 56.0 Å². The van der Waals surface area contributed by atoms with Crippen molar-refractivity contribution in [1.82, 2.24) is 15.3 Å². The minimum Gasteiger partial charge on any atom is -0.350 e. The van der Waals surface area contributed by atoms with Crippen LogP contribution in [0, 0.1) is 13.8 Å². The molecule has 2 rings (SSSR count). The van der Waals surface area contributed by atoms with Gasteiger partial charge in [-0.2, -0.15) is 11.8 Å². The van der Waals surface area contributed by atoms with Crippen LogP contribution in [-0.4, -0.2) is 33.9 Å². The summed E-state index contributed by atoms with van der Waals surface area (Å²) < 4.78 is 0. The van der Waals surface area contributed by atoms with E-state index in [0.29, 0.717) is 23.9 Å².